The summed E-state index contributed by atoms with van der Waals surface area (Å²) in [5, 5.41) is 23.6. The Balaban J connectivity index is 2.47. The average molecular weight is 361 g/mol. The van der Waals surface area contributed by atoms with E-state index in [-0.39, 0.29) is 22.3 Å². The van der Waals surface area contributed by atoms with Crippen LogP contribution in [-0.4, -0.2) is 16.5 Å². The van der Waals surface area contributed by atoms with E-state index in [0.717, 1.165) is 11.1 Å². The molecule has 25 heavy (non-hydrogen) atoms. The molecule has 0 radical (unpaired) electrons. The van der Waals surface area contributed by atoms with Crippen molar-refractivity contribution in [3.05, 3.63) is 46.5 Å². The van der Waals surface area contributed by atoms with Gasteiger partial charge >= 0.3 is 0 Å². The molecule has 0 spiro atoms. The second-order valence-corrected chi connectivity index (χ2v) is 8.82. The normalized spacial score (nSPS) is 17.2. The monoisotopic (exact) mass is 360 g/mol. The van der Waals surface area contributed by atoms with Crippen molar-refractivity contribution in [2.75, 3.05) is 0 Å². The number of allylic oxidation sites excluding steroid dienone is 4. The van der Waals surface area contributed by atoms with E-state index in [1.165, 1.54) is 0 Å². The van der Waals surface area contributed by atoms with Gasteiger partial charge in [-0.05, 0) is 34.6 Å². The van der Waals surface area contributed by atoms with Crippen molar-refractivity contribution >= 4 is 28.7 Å². The number of nitrogens with two attached hydrogens (primary N) is 1. The minimum Gasteiger partial charge on any atom is -0.502 e. The number of nitrogens with zero attached hydrogens (tertiary/aromatic N) is 1. The van der Waals surface area contributed by atoms with E-state index in [9.17, 15) is 5.11 Å². The van der Waals surface area contributed by atoms with Crippen LogP contribution in [0.3, 0.4) is 0 Å². The second kappa shape index (κ2) is 6.77. The summed E-state index contributed by atoms with van der Waals surface area (Å²) in [7, 11) is 0. The van der Waals surface area contributed by atoms with Crippen LogP contribution >= 0.6 is 11.6 Å². The Morgan fingerprint density at radius 3 is 2.20 bits per heavy atom. The molecule has 2 rings (SSSR count). The third-order valence-electron chi connectivity index (χ3n) is 4.11. The fourth-order valence-corrected chi connectivity index (χ4v) is 2.69. The number of hydrogen-bond acceptors (Lipinski definition) is 3. The second-order valence-electron chi connectivity index (χ2n) is 8.38. The lowest BCUT2D eigenvalue weighted by Crippen LogP contribution is -2.72. The van der Waals surface area contributed by atoms with E-state index in [2.05, 4.69) is 52.7 Å². The van der Waals surface area contributed by atoms with Gasteiger partial charge < -0.3 is 5.11 Å². The molecule has 1 aromatic rings. The molecule has 0 atom stereocenters. The van der Waals surface area contributed by atoms with Crippen molar-refractivity contribution in [1.82, 2.24) is 0 Å². The van der Waals surface area contributed by atoms with Crippen LogP contribution in [0.5, 0.6) is 5.75 Å². The van der Waals surface area contributed by atoms with Gasteiger partial charge in [-0.3, -0.25) is 5.41 Å². The first-order chi connectivity index (χ1) is 11.4. The molecule has 4 N–H and O–H groups in total. The average Bonchev–Trinajstić information content (AvgIpc) is 2.45. The minimum atomic E-state index is -0.186. The molecule has 0 fully saturated rings. The smallest absolute Gasteiger partial charge is 0.198 e. The largest absolute Gasteiger partial charge is 0.502 e. The van der Waals surface area contributed by atoms with Crippen LogP contribution in [0.25, 0.3) is 0 Å². The maximum Gasteiger partial charge on any atom is 0.198 e. The molecule has 5 heteroatoms. The molecule has 0 bridgehead atoms. The Morgan fingerprint density at radius 2 is 1.68 bits per heavy atom. The third kappa shape index (κ3) is 4.59. The Morgan fingerprint density at radius 1 is 1.04 bits per heavy atom. The van der Waals surface area contributed by atoms with E-state index >= 15 is 0 Å². The van der Waals surface area contributed by atoms with Gasteiger partial charge in [-0.25, -0.2) is 0 Å². The number of phenolic OH excluding ortho intramolecular Hbond substituents is 1. The first-order valence-corrected chi connectivity index (χ1v) is 8.70. The zero-order valence-electron chi connectivity index (χ0n) is 15.7. The zero-order valence-corrected chi connectivity index (χ0v) is 16.5. The van der Waals surface area contributed by atoms with Gasteiger partial charge in [0.15, 0.2) is 11.4 Å². The number of halogens is 1. The summed E-state index contributed by atoms with van der Waals surface area (Å²) in [5.74, 6) is 0.241. The molecule has 1 aliphatic rings. The Labute approximate surface area is 154 Å². The molecule has 0 amide bonds. The molecular formula is C20H27ClN3O+. The molecule has 0 aliphatic heterocycles. The van der Waals surface area contributed by atoms with E-state index in [4.69, 9.17) is 17.0 Å². The summed E-state index contributed by atoms with van der Waals surface area (Å²) >= 11 is 5.89. The van der Waals surface area contributed by atoms with Crippen molar-refractivity contribution < 1.29 is 10.5 Å². The Hall–Kier alpha value is -1.91. The van der Waals surface area contributed by atoms with E-state index in [1.54, 1.807) is 23.7 Å². The molecular weight excluding hydrogens is 334 g/mol. The minimum absolute atomic E-state index is 0.0445. The summed E-state index contributed by atoms with van der Waals surface area (Å²) in [5.41, 5.74) is 4.86. The number of aromatic hydroxyl groups is 1. The summed E-state index contributed by atoms with van der Waals surface area (Å²) < 4.78 is 0. The zero-order chi connectivity index (χ0) is 19.0. The van der Waals surface area contributed by atoms with E-state index in [0.29, 0.717) is 16.4 Å². The fourth-order valence-electron chi connectivity index (χ4n) is 2.52. The van der Waals surface area contributed by atoms with E-state index < -0.39 is 0 Å². The van der Waals surface area contributed by atoms with Crippen LogP contribution in [0.2, 0.25) is 0 Å². The molecule has 4 nitrogen and oxygen atoms in total. The standard InChI is InChI=1S/C20H26ClN3O/c1-19(2,3)12-9-14(20(4,5)6)18(25)17(10-12)24-23-16-8-7-13(21)11-15(16)22/h7-11,22,24-25H,1-6H3/p+1/b22-15?,23-16-. The predicted molar refractivity (Wildman–Crippen MR) is 105 cm³/mol. The molecule has 0 saturated carbocycles. The van der Waals surface area contributed by atoms with Gasteiger partial charge in [-0.15, -0.1) is 0 Å². The molecule has 1 aromatic carbocycles. The topological polar surface area (TPSA) is 73.0 Å². The van der Waals surface area contributed by atoms with Crippen molar-refractivity contribution in [3.63, 3.8) is 0 Å². The predicted octanol–water partition coefficient (Wildman–Crippen LogP) is 4.25. The Kier molecular flexibility index (Phi) is 5.26. The Bertz CT molecular complexity index is 790. The van der Waals surface area contributed by atoms with Crippen LogP contribution < -0.4 is 5.43 Å². The van der Waals surface area contributed by atoms with Crippen LogP contribution in [0, 0.1) is 5.41 Å². The number of nitrogens with one attached hydrogen (secondary N) is 1. The maximum absolute atomic E-state index is 10.7. The number of benzene rings is 1. The number of hydrogen-bond donors (Lipinski definition) is 3. The SMILES string of the molecule is CC(C)(C)c1cc([NH2+]/N=C2/C=CC(Cl)=CC2=N)c(O)c(C(C)(C)C)c1. The van der Waals surface area contributed by atoms with Gasteiger partial charge in [0, 0.05) is 16.7 Å². The first kappa shape index (κ1) is 19.4. The van der Waals surface area contributed by atoms with Gasteiger partial charge in [-0.2, -0.15) is 5.43 Å². The molecule has 134 valence electrons. The molecule has 0 aromatic heterocycles. The number of phenols is 1. The van der Waals surface area contributed by atoms with Crippen LogP contribution in [-0.2, 0) is 10.8 Å². The third-order valence-corrected chi connectivity index (χ3v) is 4.35. The fraction of sp³-hybridized carbons (Fsp3) is 0.400. The summed E-state index contributed by atoms with van der Waals surface area (Å²) in [4.78, 5) is 0. The van der Waals surface area contributed by atoms with Gasteiger partial charge in [0.2, 0.25) is 0 Å². The lowest BCUT2D eigenvalue weighted by atomic mass is 9.80. The van der Waals surface area contributed by atoms with Crippen molar-refractivity contribution in [1.29, 1.82) is 5.41 Å². The summed E-state index contributed by atoms with van der Waals surface area (Å²) in [6, 6.07) is 4.04. The lowest BCUT2D eigenvalue weighted by Gasteiger charge is -2.26. The lowest BCUT2D eigenvalue weighted by molar-refractivity contribution is -0.577. The van der Waals surface area contributed by atoms with Gasteiger partial charge in [0.1, 0.15) is 5.71 Å². The maximum atomic E-state index is 10.7. The van der Waals surface area contributed by atoms with E-state index in [1.807, 2.05) is 6.07 Å². The van der Waals surface area contributed by atoms with Crippen LogP contribution in [0.1, 0.15) is 52.7 Å². The van der Waals surface area contributed by atoms with Gasteiger partial charge in [0.05, 0.1) is 5.71 Å². The molecule has 0 unspecified atom stereocenters. The highest BCUT2D eigenvalue weighted by Gasteiger charge is 2.26. The van der Waals surface area contributed by atoms with Crippen LogP contribution in [0.15, 0.2) is 40.5 Å². The van der Waals surface area contributed by atoms with Gasteiger partial charge in [0.25, 0.3) is 0 Å². The highest BCUT2D eigenvalue weighted by Crippen LogP contribution is 2.38. The van der Waals surface area contributed by atoms with Gasteiger partial charge in [-0.1, -0.05) is 64.3 Å². The first-order valence-electron chi connectivity index (χ1n) is 8.33. The quantitative estimate of drug-likeness (QED) is 0.238. The molecule has 1 aliphatic carbocycles. The van der Waals surface area contributed by atoms with Crippen molar-refractivity contribution in [2.24, 2.45) is 5.10 Å². The highest BCUT2D eigenvalue weighted by atomic mass is 35.5. The highest BCUT2D eigenvalue weighted by molar-refractivity contribution is 6.52. The van der Waals surface area contributed by atoms with Crippen molar-refractivity contribution in [2.45, 2.75) is 52.4 Å². The summed E-state index contributed by atoms with van der Waals surface area (Å²) in [6.45, 7) is 12.7. The van der Waals surface area contributed by atoms with Crippen molar-refractivity contribution in [3.8, 4) is 5.75 Å². The summed E-state index contributed by atoms with van der Waals surface area (Å²) in [6.07, 6.45) is 4.97. The molecule has 0 saturated heterocycles. The van der Waals surface area contributed by atoms with Crippen LogP contribution in [0.4, 0.5) is 5.69 Å². The number of quaternary nitrogens is 1. The number of rotatable bonds is 2. The molecule has 0 heterocycles.